The quantitative estimate of drug-likeness (QED) is 0.685. The Balaban J connectivity index is 1.71. The molecule has 1 aliphatic heterocycles. The molecule has 0 bridgehead atoms. The van der Waals surface area contributed by atoms with E-state index in [1.54, 1.807) is 25.2 Å². The lowest BCUT2D eigenvalue weighted by atomic mass is 10.1. The first-order chi connectivity index (χ1) is 12.8. The van der Waals surface area contributed by atoms with E-state index in [-0.39, 0.29) is 18.1 Å². The molecule has 8 nitrogen and oxygen atoms in total. The van der Waals surface area contributed by atoms with Crippen LogP contribution in [0.1, 0.15) is 15.2 Å². The second-order valence-corrected chi connectivity index (χ2v) is 7.52. The number of amides is 1. The second-order valence-electron chi connectivity index (χ2n) is 6.27. The fourth-order valence-corrected chi connectivity index (χ4v) is 3.89. The molecule has 0 unspecified atom stereocenters. The molecule has 3 heterocycles. The molecular weight excluding hydrogens is 370 g/mol. The van der Waals surface area contributed by atoms with E-state index < -0.39 is 23.6 Å². The average Bonchev–Trinajstić information content (AvgIpc) is 3.01. The number of fused-ring (bicyclic) bond motifs is 2. The van der Waals surface area contributed by atoms with Crippen LogP contribution in [0.15, 0.2) is 33.9 Å². The lowest BCUT2D eigenvalue weighted by molar-refractivity contribution is -0.120. The maximum Gasteiger partial charge on any atom is 0.329 e. The number of ether oxygens (including phenoxy) is 1. The number of aryl methyl sites for hydroxylation is 1. The minimum Gasteiger partial charge on any atom is -0.482 e. The van der Waals surface area contributed by atoms with E-state index in [1.807, 2.05) is 6.92 Å². The van der Waals surface area contributed by atoms with Gasteiger partial charge < -0.3 is 9.64 Å². The van der Waals surface area contributed by atoms with Crippen molar-refractivity contribution in [2.24, 2.45) is 0 Å². The van der Waals surface area contributed by atoms with Gasteiger partial charge in [0.2, 0.25) is 0 Å². The second kappa shape index (κ2) is 6.20. The SMILES string of the molecule is Cc1cc2c(=O)n(CC(=O)c3ccc4c(c3)N(C)C(=O)CO4)c(=O)[nH]c2s1. The van der Waals surface area contributed by atoms with Crippen molar-refractivity contribution in [3.8, 4) is 5.75 Å². The van der Waals surface area contributed by atoms with Crippen molar-refractivity contribution in [1.29, 1.82) is 0 Å². The van der Waals surface area contributed by atoms with Gasteiger partial charge >= 0.3 is 5.69 Å². The first-order valence-electron chi connectivity index (χ1n) is 8.15. The number of nitrogens with one attached hydrogen (secondary N) is 1. The van der Waals surface area contributed by atoms with Crippen molar-refractivity contribution in [2.75, 3.05) is 18.6 Å². The number of Topliss-reactive ketones (excluding diaryl/α,β-unsaturated/α-hetero) is 1. The van der Waals surface area contributed by atoms with Crippen LogP contribution in [0.5, 0.6) is 5.75 Å². The fourth-order valence-electron chi connectivity index (χ4n) is 2.99. The number of carbonyl (C=O) groups is 2. The van der Waals surface area contributed by atoms with Gasteiger partial charge in [-0.05, 0) is 31.2 Å². The van der Waals surface area contributed by atoms with Gasteiger partial charge in [0.15, 0.2) is 12.4 Å². The zero-order chi connectivity index (χ0) is 19.3. The monoisotopic (exact) mass is 385 g/mol. The van der Waals surface area contributed by atoms with E-state index in [9.17, 15) is 19.2 Å². The number of anilines is 1. The van der Waals surface area contributed by atoms with Crippen LogP contribution >= 0.6 is 11.3 Å². The third-order valence-corrected chi connectivity index (χ3v) is 5.43. The van der Waals surface area contributed by atoms with E-state index in [2.05, 4.69) is 4.98 Å². The lowest BCUT2D eigenvalue weighted by Crippen LogP contribution is -2.37. The molecule has 1 amide bonds. The Kier molecular flexibility index (Phi) is 3.96. The first-order valence-corrected chi connectivity index (χ1v) is 8.96. The predicted octanol–water partition coefficient (Wildman–Crippen LogP) is 1.30. The predicted molar refractivity (Wildman–Crippen MR) is 101 cm³/mol. The minimum absolute atomic E-state index is 0.0539. The summed E-state index contributed by atoms with van der Waals surface area (Å²) in [5.41, 5.74) is -0.370. The third-order valence-electron chi connectivity index (χ3n) is 4.47. The Hall–Kier alpha value is -3.20. The van der Waals surface area contributed by atoms with Crippen LogP contribution in [0.25, 0.3) is 10.2 Å². The smallest absolute Gasteiger partial charge is 0.329 e. The van der Waals surface area contributed by atoms with Gasteiger partial charge in [-0.1, -0.05) is 0 Å². The molecule has 1 N–H and O–H groups in total. The number of thiophene rings is 1. The largest absolute Gasteiger partial charge is 0.482 e. The highest BCUT2D eigenvalue weighted by atomic mass is 32.1. The molecule has 0 saturated heterocycles. The Labute approximate surface area is 156 Å². The topological polar surface area (TPSA) is 101 Å². The molecule has 2 aromatic heterocycles. The highest BCUT2D eigenvalue weighted by molar-refractivity contribution is 7.18. The Morgan fingerprint density at radius 3 is 2.81 bits per heavy atom. The summed E-state index contributed by atoms with van der Waals surface area (Å²) in [6, 6.07) is 6.37. The summed E-state index contributed by atoms with van der Waals surface area (Å²) in [6.45, 7) is 1.39. The van der Waals surface area contributed by atoms with Crippen molar-refractivity contribution in [3.05, 3.63) is 55.5 Å². The van der Waals surface area contributed by atoms with Crippen LogP contribution in [0.2, 0.25) is 0 Å². The summed E-state index contributed by atoms with van der Waals surface area (Å²) in [5.74, 6) is -0.139. The lowest BCUT2D eigenvalue weighted by Gasteiger charge is -2.26. The van der Waals surface area contributed by atoms with E-state index in [0.717, 1.165) is 9.44 Å². The normalized spacial score (nSPS) is 13.6. The molecule has 3 aromatic rings. The van der Waals surface area contributed by atoms with Crippen molar-refractivity contribution >= 4 is 38.9 Å². The van der Waals surface area contributed by atoms with Crippen LogP contribution < -0.4 is 20.9 Å². The van der Waals surface area contributed by atoms with Crippen molar-refractivity contribution in [2.45, 2.75) is 13.5 Å². The number of rotatable bonds is 3. The van der Waals surface area contributed by atoms with E-state index in [4.69, 9.17) is 4.74 Å². The summed E-state index contributed by atoms with van der Waals surface area (Å²) in [4.78, 5) is 54.7. The number of hydrogen-bond donors (Lipinski definition) is 1. The molecule has 1 aliphatic rings. The Bertz CT molecular complexity index is 1220. The van der Waals surface area contributed by atoms with Crippen LogP contribution in [-0.4, -0.2) is 34.9 Å². The molecule has 0 radical (unpaired) electrons. The minimum atomic E-state index is -0.628. The summed E-state index contributed by atoms with van der Waals surface area (Å²) in [7, 11) is 1.60. The maximum absolute atomic E-state index is 12.7. The van der Waals surface area contributed by atoms with Crippen LogP contribution in [0, 0.1) is 6.92 Å². The zero-order valence-corrected chi connectivity index (χ0v) is 15.4. The molecule has 0 fully saturated rings. The van der Waals surface area contributed by atoms with E-state index >= 15 is 0 Å². The number of hydrogen-bond acceptors (Lipinski definition) is 6. The molecule has 4 rings (SSSR count). The third kappa shape index (κ3) is 2.85. The van der Waals surface area contributed by atoms with Gasteiger partial charge in [0.1, 0.15) is 10.6 Å². The van der Waals surface area contributed by atoms with Crippen molar-refractivity contribution < 1.29 is 14.3 Å². The fraction of sp³-hybridized carbons (Fsp3) is 0.222. The molecule has 0 spiro atoms. The highest BCUT2D eigenvalue weighted by Gasteiger charge is 2.24. The molecule has 0 atom stereocenters. The number of carbonyl (C=O) groups excluding carboxylic acids is 2. The highest BCUT2D eigenvalue weighted by Crippen LogP contribution is 2.32. The summed E-state index contributed by atoms with van der Waals surface area (Å²) < 4.78 is 6.23. The van der Waals surface area contributed by atoms with E-state index in [0.29, 0.717) is 21.7 Å². The molecular formula is C18H15N3O5S. The Morgan fingerprint density at radius 2 is 2.04 bits per heavy atom. The summed E-state index contributed by atoms with van der Waals surface area (Å²) in [6.07, 6.45) is 0. The number of H-pyrrole nitrogens is 1. The van der Waals surface area contributed by atoms with Gasteiger partial charge in [-0.15, -0.1) is 11.3 Å². The number of benzene rings is 1. The molecule has 138 valence electrons. The van der Waals surface area contributed by atoms with Crippen molar-refractivity contribution in [3.63, 3.8) is 0 Å². The van der Waals surface area contributed by atoms with E-state index in [1.165, 1.54) is 22.3 Å². The first kappa shape index (κ1) is 17.2. The number of ketones is 1. The number of likely N-dealkylation sites (N-methyl/N-ethyl adjacent to an activating group) is 1. The van der Waals surface area contributed by atoms with Crippen LogP contribution in [0.3, 0.4) is 0 Å². The van der Waals surface area contributed by atoms with Gasteiger partial charge in [0, 0.05) is 17.5 Å². The molecule has 0 saturated carbocycles. The number of aromatic nitrogens is 2. The van der Waals surface area contributed by atoms with Crippen LogP contribution in [0.4, 0.5) is 5.69 Å². The molecule has 1 aromatic carbocycles. The zero-order valence-electron chi connectivity index (χ0n) is 14.6. The van der Waals surface area contributed by atoms with Crippen LogP contribution in [-0.2, 0) is 11.3 Å². The molecule has 27 heavy (non-hydrogen) atoms. The number of aromatic amines is 1. The van der Waals surface area contributed by atoms with Gasteiger partial charge in [-0.25, -0.2) is 4.79 Å². The maximum atomic E-state index is 12.7. The molecule has 9 heteroatoms. The number of nitrogens with zero attached hydrogens (tertiary/aromatic N) is 2. The Morgan fingerprint density at radius 1 is 1.26 bits per heavy atom. The summed E-state index contributed by atoms with van der Waals surface area (Å²) >= 11 is 1.32. The van der Waals surface area contributed by atoms with Gasteiger partial charge in [-0.2, -0.15) is 0 Å². The summed E-state index contributed by atoms with van der Waals surface area (Å²) in [5, 5.41) is 0.383. The van der Waals surface area contributed by atoms with Gasteiger partial charge in [0.05, 0.1) is 17.6 Å². The van der Waals surface area contributed by atoms with Gasteiger partial charge in [0.25, 0.3) is 11.5 Å². The standard InChI is InChI=1S/C18H15N3O5S/c1-9-5-11-16(27-9)19-18(25)21(17(11)24)7-13(22)10-3-4-14-12(6-10)20(2)15(23)8-26-14/h3-6H,7-8H2,1-2H3,(H,19,25). The van der Waals surface area contributed by atoms with Crippen molar-refractivity contribution in [1.82, 2.24) is 9.55 Å². The van der Waals surface area contributed by atoms with Gasteiger partial charge in [-0.3, -0.25) is 23.9 Å². The average molecular weight is 385 g/mol. The molecule has 0 aliphatic carbocycles.